The summed E-state index contributed by atoms with van der Waals surface area (Å²) in [5, 5.41) is 3.23. The lowest BCUT2D eigenvalue weighted by Gasteiger charge is -2.39. The van der Waals surface area contributed by atoms with E-state index in [1.165, 1.54) is 5.56 Å². The SMILES string of the molecule is COc1ccccc1C1(CNC(=O)C2CC=CCC2)CCOCC1. The van der Waals surface area contributed by atoms with Gasteiger partial charge in [0.1, 0.15) is 5.75 Å². The van der Waals surface area contributed by atoms with E-state index in [1.807, 2.05) is 18.2 Å². The molecule has 1 aromatic carbocycles. The van der Waals surface area contributed by atoms with Crippen molar-refractivity contribution in [1.82, 2.24) is 5.32 Å². The Kier molecular flexibility index (Phi) is 5.56. The second-order valence-corrected chi connectivity index (χ2v) is 6.79. The van der Waals surface area contributed by atoms with Crippen molar-refractivity contribution in [3.05, 3.63) is 42.0 Å². The quantitative estimate of drug-likeness (QED) is 0.844. The second kappa shape index (κ2) is 7.84. The third-order valence-electron chi connectivity index (χ3n) is 5.37. The fourth-order valence-corrected chi connectivity index (χ4v) is 3.82. The lowest BCUT2D eigenvalue weighted by atomic mass is 9.73. The molecule has 4 heteroatoms. The van der Waals surface area contributed by atoms with Gasteiger partial charge in [-0.1, -0.05) is 30.4 Å². The maximum atomic E-state index is 12.6. The van der Waals surface area contributed by atoms with E-state index in [2.05, 4.69) is 23.5 Å². The van der Waals surface area contributed by atoms with Crippen molar-refractivity contribution in [3.8, 4) is 5.75 Å². The Morgan fingerprint density at radius 1 is 1.29 bits per heavy atom. The van der Waals surface area contributed by atoms with Crippen molar-refractivity contribution in [3.63, 3.8) is 0 Å². The van der Waals surface area contributed by atoms with E-state index in [0.717, 1.165) is 51.1 Å². The topological polar surface area (TPSA) is 47.6 Å². The number of benzene rings is 1. The number of hydrogen-bond acceptors (Lipinski definition) is 3. The third kappa shape index (κ3) is 3.64. The smallest absolute Gasteiger partial charge is 0.223 e. The van der Waals surface area contributed by atoms with Gasteiger partial charge in [-0.2, -0.15) is 0 Å². The molecule has 1 aliphatic carbocycles. The zero-order valence-electron chi connectivity index (χ0n) is 14.4. The average molecular weight is 329 g/mol. The van der Waals surface area contributed by atoms with Crippen LogP contribution in [0.2, 0.25) is 0 Å². The predicted octanol–water partition coefficient (Wildman–Crippen LogP) is 3.22. The van der Waals surface area contributed by atoms with Crippen molar-refractivity contribution in [2.75, 3.05) is 26.9 Å². The number of rotatable bonds is 5. The number of hydrogen-bond donors (Lipinski definition) is 1. The molecule has 1 heterocycles. The number of methoxy groups -OCH3 is 1. The van der Waals surface area contributed by atoms with Crippen LogP contribution in [0.15, 0.2) is 36.4 Å². The van der Waals surface area contributed by atoms with Gasteiger partial charge < -0.3 is 14.8 Å². The summed E-state index contributed by atoms with van der Waals surface area (Å²) in [7, 11) is 1.71. The van der Waals surface area contributed by atoms with Crippen molar-refractivity contribution in [2.45, 2.75) is 37.5 Å². The van der Waals surface area contributed by atoms with E-state index >= 15 is 0 Å². The van der Waals surface area contributed by atoms with E-state index in [0.29, 0.717) is 6.54 Å². The molecule has 1 unspecified atom stereocenters. The van der Waals surface area contributed by atoms with Crippen molar-refractivity contribution < 1.29 is 14.3 Å². The van der Waals surface area contributed by atoms with Crippen LogP contribution in [0.1, 0.15) is 37.7 Å². The molecule has 0 aromatic heterocycles. The fourth-order valence-electron chi connectivity index (χ4n) is 3.82. The number of nitrogens with one attached hydrogen (secondary N) is 1. The summed E-state index contributed by atoms with van der Waals surface area (Å²) >= 11 is 0. The molecule has 1 saturated heterocycles. The Hall–Kier alpha value is -1.81. The lowest BCUT2D eigenvalue weighted by molar-refractivity contribution is -0.125. The fraction of sp³-hybridized carbons (Fsp3) is 0.550. The maximum Gasteiger partial charge on any atom is 0.223 e. The highest BCUT2D eigenvalue weighted by Crippen LogP contribution is 2.39. The van der Waals surface area contributed by atoms with Crippen LogP contribution in [-0.2, 0) is 14.9 Å². The molecular weight excluding hydrogens is 302 g/mol. The number of ether oxygens (including phenoxy) is 2. The van der Waals surface area contributed by atoms with Crippen LogP contribution in [0, 0.1) is 5.92 Å². The molecule has 1 atom stereocenters. The first-order valence-electron chi connectivity index (χ1n) is 8.89. The predicted molar refractivity (Wildman–Crippen MR) is 94.2 cm³/mol. The zero-order valence-corrected chi connectivity index (χ0v) is 14.4. The number of carbonyl (C=O) groups is 1. The molecule has 1 aliphatic heterocycles. The molecule has 1 aromatic rings. The minimum absolute atomic E-state index is 0.106. The van der Waals surface area contributed by atoms with Crippen LogP contribution in [0.25, 0.3) is 0 Å². The van der Waals surface area contributed by atoms with Crippen LogP contribution in [0.5, 0.6) is 5.75 Å². The minimum Gasteiger partial charge on any atom is -0.496 e. The van der Waals surface area contributed by atoms with E-state index in [4.69, 9.17) is 9.47 Å². The highest BCUT2D eigenvalue weighted by molar-refractivity contribution is 5.79. The second-order valence-electron chi connectivity index (χ2n) is 6.79. The molecule has 24 heavy (non-hydrogen) atoms. The van der Waals surface area contributed by atoms with E-state index in [1.54, 1.807) is 7.11 Å². The largest absolute Gasteiger partial charge is 0.496 e. The Morgan fingerprint density at radius 2 is 2.08 bits per heavy atom. The Bertz CT molecular complexity index is 590. The Labute approximate surface area is 144 Å². The molecule has 3 rings (SSSR count). The average Bonchev–Trinajstić information content (AvgIpc) is 2.67. The molecule has 130 valence electrons. The van der Waals surface area contributed by atoms with Crippen molar-refractivity contribution in [1.29, 1.82) is 0 Å². The molecule has 2 aliphatic rings. The monoisotopic (exact) mass is 329 g/mol. The normalized spacial score (nSPS) is 22.8. The van der Waals surface area contributed by atoms with Crippen LogP contribution >= 0.6 is 0 Å². The summed E-state index contributed by atoms with van der Waals surface area (Å²) in [5.41, 5.74) is 1.07. The standard InChI is InChI=1S/C20H27NO3/c1-23-18-10-6-5-9-17(18)20(11-13-24-14-12-20)15-21-19(22)16-7-3-2-4-8-16/h2-3,5-6,9-10,16H,4,7-8,11-15H2,1H3,(H,21,22). The first-order valence-corrected chi connectivity index (χ1v) is 8.89. The van der Waals surface area contributed by atoms with Crippen LogP contribution in [-0.4, -0.2) is 32.8 Å². The van der Waals surface area contributed by atoms with Crippen molar-refractivity contribution in [2.24, 2.45) is 5.92 Å². The first kappa shape index (κ1) is 17.0. The van der Waals surface area contributed by atoms with E-state index < -0.39 is 0 Å². The summed E-state index contributed by atoms with van der Waals surface area (Å²) in [6.07, 6.45) is 8.90. The molecule has 0 spiro atoms. The van der Waals surface area contributed by atoms with Gasteiger partial charge in [0.25, 0.3) is 0 Å². The molecule has 1 fully saturated rings. The van der Waals surface area contributed by atoms with Crippen LogP contribution in [0.4, 0.5) is 0 Å². The van der Waals surface area contributed by atoms with Gasteiger partial charge in [-0.25, -0.2) is 0 Å². The van der Waals surface area contributed by atoms with Gasteiger partial charge in [-0.05, 0) is 38.2 Å². The van der Waals surface area contributed by atoms with E-state index in [-0.39, 0.29) is 17.2 Å². The minimum atomic E-state index is -0.106. The van der Waals surface area contributed by atoms with Gasteiger partial charge in [0.15, 0.2) is 0 Å². The van der Waals surface area contributed by atoms with E-state index in [9.17, 15) is 4.79 Å². The van der Waals surface area contributed by atoms with Gasteiger partial charge in [0, 0.05) is 36.7 Å². The van der Waals surface area contributed by atoms with Crippen LogP contribution < -0.4 is 10.1 Å². The highest BCUT2D eigenvalue weighted by atomic mass is 16.5. The Morgan fingerprint density at radius 3 is 2.79 bits per heavy atom. The molecule has 0 saturated carbocycles. The molecule has 0 bridgehead atoms. The summed E-state index contributed by atoms with van der Waals surface area (Å²) in [6, 6.07) is 8.16. The van der Waals surface area contributed by atoms with Gasteiger partial charge in [0.2, 0.25) is 5.91 Å². The molecule has 0 radical (unpaired) electrons. The molecule has 4 nitrogen and oxygen atoms in total. The van der Waals surface area contributed by atoms with Crippen LogP contribution in [0.3, 0.4) is 0 Å². The molecule has 1 N–H and O–H groups in total. The lowest BCUT2D eigenvalue weighted by Crippen LogP contribution is -2.46. The molecular formula is C20H27NO3. The Balaban J connectivity index is 1.76. The maximum absolute atomic E-state index is 12.6. The number of para-hydroxylation sites is 1. The number of amides is 1. The summed E-state index contributed by atoms with van der Waals surface area (Å²) in [5.74, 6) is 1.19. The van der Waals surface area contributed by atoms with Gasteiger partial charge in [0.05, 0.1) is 7.11 Å². The number of allylic oxidation sites excluding steroid dienone is 2. The summed E-state index contributed by atoms with van der Waals surface area (Å²) < 4.78 is 11.2. The molecule has 1 amide bonds. The van der Waals surface area contributed by atoms with Gasteiger partial charge in [-0.3, -0.25) is 4.79 Å². The number of carbonyl (C=O) groups excluding carboxylic acids is 1. The zero-order chi connectivity index (χ0) is 16.8. The van der Waals surface area contributed by atoms with Gasteiger partial charge in [-0.15, -0.1) is 0 Å². The first-order chi connectivity index (χ1) is 11.7. The third-order valence-corrected chi connectivity index (χ3v) is 5.37. The highest BCUT2D eigenvalue weighted by Gasteiger charge is 2.37. The summed E-state index contributed by atoms with van der Waals surface area (Å²) in [4.78, 5) is 12.6. The van der Waals surface area contributed by atoms with Gasteiger partial charge >= 0.3 is 0 Å². The summed E-state index contributed by atoms with van der Waals surface area (Å²) in [6.45, 7) is 2.09. The van der Waals surface area contributed by atoms with Crippen molar-refractivity contribution >= 4 is 5.91 Å².